The van der Waals surface area contributed by atoms with Crippen LogP contribution in [0.5, 0.6) is 5.75 Å². The number of hydrogen-bond donors (Lipinski definition) is 2. The van der Waals surface area contributed by atoms with Gasteiger partial charge in [0.2, 0.25) is 0 Å². The largest absolute Gasteiger partial charge is 0.484 e. The normalized spacial score (nSPS) is 12.7. The zero-order chi connectivity index (χ0) is 19.0. The fourth-order valence-corrected chi connectivity index (χ4v) is 4.51. The van der Waals surface area contributed by atoms with E-state index in [1.54, 1.807) is 24.3 Å². The number of ether oxygens (including phenoxy) is 1. The van der Waals surface area contributed by atoms with E-state index in [4.69, 9.17) is 14.9 Å². The number of primary amides is 1. The minimum Gasteiger partial charge on any atom is -0.484 e. The Hall–Kier alpha value is -3.13. The number of thiophene rings is 1. The van der Waals surface area contributed by atoms with Gasteiger partial charge in [0, 0.05) is 22.4 Å². The molecule has 0 fully saturated rings. The lowest BCUT2D eigenvalue weighted by Crippen LogP contribution is -2.22. The van der Waals surface area contributed by atoms with Crippen molar-refractivity contribution in [3.05, 3.63) is 56.8 Å². The molecule has 4 rings (SSSR count). The maximum Gasteiger partial charge on any atom is 0.336 e. The average molecular weight is 384 g/mol. The van der Waals surface area contributed by atoms with Crippen molar-refractivity contribution in [2.45, 2.75) is 19.3 Å². The van der Waals surface area contributed by atoms with Crippen LogP contribution >= 0.6 is 11.3 Å². The highest BCUT2D eigenvalue weighted by atomic mass is 32.1. The molecule has 138 valence electrons. The number of anilines is 1. The van der Waals surface area contributed by atoms with Gasteiger partial charge in [0.05, 0.1) is 5.56 Å². The molecule has 0 unspecified atom stereocenters. The molecule has 1 aliphatic rings. The molecular weight excluding hydrogens is 368 g/mol. The van der Waals surface area contributed by atoms with E-state index >= 15 is 0 Å². The van der Waals surface area contributed by atoms with E-state index in [9.17, 15) is 14.4 Å². The zero-order valence-corrected chi connectivity index (χ0v) is 15.1. The van der Waals surface area contributed by atoms with Crippen molar-refractivity contribution in [1.29, 1.82) is 0 Å². The molecular formula is C19H16N2O5S. The molecule has 2 aromatic heterocycles. The van der Waals surface area contributed by atoms with Crippen LogP contribution in [0, 0.1) is 0 Å². The Morgan fingerprint density at radius 3 is 2.85 bits per heavy atom. The fourth-order valence-electron chi connectivity index (χ4n) is 3.20. The standard InChI is InChI=1S/C19H16N2O5S/c20-18(24)17-12-2-1-3-14(12)27-19(17)21-15(22)9-25-11-6-4-10-5-7-16(23)26-13(10)8-11/h4-8H,1-3,9H2,(H2,20,24)(H,21,22). The first-order chi connectivity index (χ1) is 13.0. The number of carbonyl (C=O) groups is 2. The summed E-state index contributed by atoms with van der Waals surface area (Å²) >= 11 is 1.39. The van der Waals surface area contributed by atoms with E-state index in [1.807, 2.05) is 0 Å². The number of hydrogen-bond acceptors (Lipinski definition) is 6. The Bertz CT molecular complexity index is 1110. The number of fused-ring (bicyclic) bond motifs is 2. The maximum atomic E-state index is 12.3. The number of carbonyl (C=O) groups excluding carboxylic acids is 2. The average Bonchev–Trinajstić information content (AvgIpc) is 3.19. The lowest BCUT2D eigenvalue weighted by Gasteiger charge is -2.08. The van der Waals surface area contributed by atoms with Crippen molar-refractivity contribution in [3.8, 4) is 5.75 Å². The summed E-state index contributed by atoms with van der Waals surface area (Å²) in [5.74, 6) is -0.530. The zero-order valence-electron chi connectivity index (χ0n) is 14.2. The lowest BCUT2D eigenvalue weighted by molar-refractivity contribution is -0.118. The Kier molecular flexibility index (Phi) is 4.41. The summed E-state index contributed by atoms with van der Waals surface area (Å²) in [5.41, 5.74) is 6.77. The van der Waals surface area contributed by atoms with Crippen molar-refractivity contribution < 1.29 is 18.7 Å². The van der Waals surface area contributed by atoms with Gasteiger partial charge in [0.1, 0.15) is 16.3 Å². The highest BCUT2D eigenvalue weighted by Crippen LogP contribution is 2.38. The van der Waals surface area contributed by atoms with Gasteiger partial charge >= 0.3 is 5.63 Å². The van der Waals surface area contributed by atoms with E-state index in [-0.39, 0.29) is 6.61 Å². The second-order valence-corrected chi connectivity index (χ2v) is 7.32. The molecule has 8 heteroatoms. The third-order valence-electron chi connectivity index (χ3n) is 4.39. The molecule has 0 spiro atoms. The Morgan fingerprint density at radius 1 is 1.22 bits per heavy atom. The Labute approximate surface area is 157 Å². The van der Waals surface area contributed by atoms with Gasteiger partial charge in [-0.25, -0.2) is 4.79 Å². The monoisotopic (exact) mass is 384 g/mol. The van der Waals surface area contributed by atoms with Crippen LogP contribution in [0.3, 0.4) is 0 Å². The second kappa shape index (κ2) is 6.88. The second-order valence-electron chi connectivity index (χ2n) is 6.22. The van der Waals surface area contributed by atoms with E-state index in [1.165, 1.54) is 17.4 Å². The van der Waals surface area contributed by atoms with Gasteiger partial charge < -0.3 is 20.2 Å². The van der Waals surface area contributed by atoms with E-state index < -0.39 is 17.4 Å². The molecule has 0 radical (unpaired) electrons. The first kappa shape index (κ1) is 17.3. The molecule has 3 aromatic rings. The molecule has 0 aliphatic heterocycles. The smallest absolute Gasteiger partial charge is 0.336 e. The highest BCUT2D eigenvalue weighted by Gasteiger charge is 2.26. The molecule has 1 aliphatic carbocycles. The van der Waals surface area contributed by atoms with Crippen LogP contribution in [0.25, 0.3) is 11.0 Å². The van der Waals surface area contributed by atoms with Gasteiger partial charge in [0.15, 0.2) is 6.61 Å². The lowest BCUT2D eigenvalue weighted by atomic mass is 10.1. The van der Waals surface area contributed by atoms with Crippen molar-refractivity contribution >= 4 is 39.1 Å². The van der Waals surface area contributed by atoms with Crippen LogP contribution in [-0.2, 0) is 17.6 Å². The quantitative estimate of drug-likeness (QED) is 0.656. The third-order valence-corrected chi connectivity index (χ3v) is 5.59. The first-order valence-electron chi connectivity index (χ1n) is 8.42. The summed E-state index contributed by atoms with van der Waals surface area (Å²) < 4.78 is 10.6. The van der Waals surface area contributed by atoms with Crippen molar-refractivity contribution in [3.63, 3.8) is 0 Å². The molecule has 27 heavy (non-hydrogen) atoms. The van der Waals surface area contributed by atoms with Crippen LogP contribution in [0.2, 0.25) is 0 Å². The van der Waals surface area contributed by atoms with Gasteiger partial charge in [0.25, 0.3) is 11.8 Å². The minimum atomic E-state index is -0.532. The van der Waals surface area contributed by atoms with Crippen LogP contribution in [0.15, 0.2) is 39.5 Å². The summed E-state index contributed by atoms with van der Waals surface area (Å²) in [7, 11) is 0. The molecule has 0 atom stereocenters. The number of nitrogens with two attached hydrogens (primary N) is 1. The number of rotatable bonds is 5. The van der Waals surface area contributed by atoms with Gasteiger partial charge in [-0.05, 0) is 43.0 Å². The topological polar surface area (TPSA) is 112 Å². The molecule has 3 N–H and O–H groups in total. The number of aryl methyl sites for hydroxylation is 1. The van der Waals surface area contributed by atoms with E-state index in [2.05, 4.69) is 5.32 Å². The van der Waals surface area contributed by atoms with E-state index in [0.29, 0.717) is 21.9 Å². The fraction of sp³-hybridized carbons (Fsp3) is 0.211. The molecule has 0 saturated heterocycles. The van der Waals surface area contributed by atoms with Crippen molar-refractivity contribution in [2.75, 3.05) is 11.9 Å². The Morgan fingerprint density at radius 2 is 2.04 bits per heavy atom. The predicted molar refractivity (Wildman–Crippen MR) is 101 cm³/mol. The van der Waals surface area contributed by atoms with Gasteiger partial charge in [-0.3, -0.25) is 9.59 Å². The molecule has 1 aromatic carbocycles. The molecule has 0 bridgehead atoms. The molecule has 0 saturated carbocycles. The van der Waals surface area contributed by atoms with Gasteiger partial charge in [-0.2, -0.15) is 0 Å². The number of benzene rings is 1. The van der Waals surface area contributed by atoms with E-state index in [0.717, 1.165) is 35.1 Å². The summed E-state index contributed by atoms with van der Waals surface area (Å²) in [4.78, 5) is 36.4. The van der Waals surface area contributed by atoms with Crippen molar-refractivity contribution in [1.82, 2.24) is 0 Å². The summed E-state index contributed by atoms with van der Waals surface area (Å²) in [5, 5.41) is 3.95. The van der Waals surface area contributed by atoms with Gasteiger partial charge in [-0.15, -0.1) is 11.3 Å². The first-order valence-corrected chi connectivity index (χ1v) is 9.24. The summed E-state index contributed by atoms with van der Waals surface area (Å²) in [6, 6.07) is 7.97. The van der Waals surface area contributed by atoms with Crippen LogP contribution in [0.1, 0.15) is 27.2 Å². The summed E-state index contributed by atoms with van der Waals surface area (Å²) in [6.07, 6.45) is 2.70. The third kappa shape index (κ3) is 3.43. The summed E-state index contributed by atoms with van der Waals surface area (Å²) in [6.45, 7) is -0.247. The van der Waals surface area contributed by atoms with Crippen molar-refractivity contribution in [2.24, 2.45) is 5.73 Å². The molecule has 2 amide bonds. The number of nitrogens with one attached hydrogen (secondary N) is 1. The minimum absolute atomic E-state index is 0.247. The predicted octanol–water partition coefficient (Wildman–Crippen LogP) is 2.46. The molecule has 2 heterocycles. The maximum absolute atomic E-state index is 12.3. The number of amides is 2. The highest BCUT2D eigenvalue weighted by molar-refractivity contribution is 7.17. The SMILES string of the molecule is NC(=O)c1c(NC(=O)COc2ccc3ccc(=O)oc3c2)sc2c1CCC2. The van der Waals surface area contributed by atoms with Gasteiger partial charge in [-0.1, -0.05) is 0 Å². The van der Waals surface area contributed by atoms with Crippen LogP contribution in [-0.4, -0.2) is 18.4 Å². The van der Waals surface area contributed by atoms with Crippen LogP contribution in [0.4, 0.5) is 5.00 Å². The van der Waals surface area contributed by atoms with Crippen LogP contribution < -0.4 is 21.4 Å². The molecule has 7 nitrogen and oxygen atoms in total. The Balaban J connectivity index is 1.46.